The topological polar surface area (TPSA) is 126 Å². The van der Waals surface area contributed by atoms with Crippen LogP contribution in [-0.2, 0) is 14.4 Å². The molecule has 0 aliphatic rings. The van der Waals surface area contributed by atoms with E-state index in [0.29, 0.717) is 0 Å². The lowest BCUT2D eigenvalue weighted by Gasteiger charge is -2.12. The molecule has 0 aromatic carbocycles. The van der Waals surface area contributed by atoms with E-state index in [0.717, 1.165) is 0 Å². The Hall–Kier alpha value is -1.63. The third-order valence-electron chi connectivity index (χ3n) is 1.99. The van der Waals surface area contributed by atoms with E-state index in [1.54, 1.807) is 0 Å². The molecule has 0 aliphatic carbocycles. The Morgan fingerprint density at radius 2 is 1.75 bits per heavy atom. The van der Waals surface area contributed by atoms with Crippen LogP contribution in [-0.4, -0.2) is 36.9 Å². The first-order valence-corrected chi connectivity index (χ1v) is 4.92. The summed E-state index contributed by atoms with van der Waals surface area (Å²) in [5, 5.41) is 14.4. The zero-order chi connectivity index (χ0) is 12.7. The Kier molecular flexibility index (Phi) is 6.09. The summed E-state index contributed by atoms with van der Waals surface area (Å²) in [5.41, 5.74) is 3.64. The molecule has 0 aromatic rings. The number of carboxylic acids is 1. The highest BCUT2D eigenvalue weighted by Gasteiger charge is 2.21. The van der Waals surface area contributed by atoms with E-state index < -0.39 is 24.5 Å². The molecule has 92 valence electrons. The van der Waals surface area contributed by atoms with Gasteiger partial charge in [-0.15, -0.1) is 0 Å². The third kappa shape index (κ3) is 5.97. The van der Waals surface area contributed by atoms with Gasteiger partial charge in [0.05, 0.1) is 19.1 Å². The molecule has 16 heavy (non-hydrogen) atoms. The molecule has 1 atom stereocenters. The molecule has 0 saturated carbocycles. The quantitative estimate of drug-likeness (QED) is 0.434. The Morgan fingerprint density at radius 3 is 2.19 bits per heavy atom. The van der Waals surface area contributed by atoms with Gasteiger partial charge in [-0.3, -0.25) is 9.59 Å². The third-order valence-corrected chi connectivity index (χ3v) is 1.99. The summed E-state index contributed by atoms with van der Waals surface area (Å²) < 4.78 is 0. The van der Waals surface area contributed by atoms with Crippen LogP contribution in [0.3, 0.4) is 0 Å². The number of rotatable bonds is 6. The Bertz CT molecular complexity index is 278. The molecule has 0 aliphatic heterocycles. The number of amides is 2. The zero-order valence-electron chi connectivity index (χ0n) is 9.41. The lowest BCUT2D eigenvalue weighted by atomic mass is 10.1. The number of quaternary nitrogens is 1. The molecule has 0 radical (unpaired) electrons. The van der Waals surface area contributed by atoms with E-state index in [4.69, 9.17) is 0 Å². The first-order chi connectivity index (χ1) is 7.34. The highest BCUT2D eigenvalue weighted by molar-refractivity contribution is 5.87. The molecule has 0 saturated heterocycles. The van der Waals surface area contributed by atoms with Crippen LogP contribution in [0, 0.1) is 5.92 Å². The predicted octanol–water partition coefficient (Wildman–Crippen LogP) is -3.76. The fraction of sp³-hybridized carbons (Fsp3) is 0.667. The minimum atomic E-state index is -1.38. The second-order valence-electron chi connectivity index (χ2n) is 3.72. The molecule has 7 nitrogen and oxygen atoms in total. The maximum Gasteiger partial charge on any atom is 0.278 e. The molecule has 0 aromatic heterocycles. The highest BCUT2D eigenvalue weighted by atomic mass is 16.4. The van der Waals surface area contributed by atoms with Crippen molar-refractivity contribution in [2.45, 2.75) is 19.9 Å². The van der Waals surface area contributed by atoms with Crippen LogP contribution in [0.1, 0.15) is 13.8 Å². The summed E-state index contributed by atoms with van der Waals surface area (Å²) >= 11 is 0. The van der Waals surface area contributed by atoms with Gasteiger partial charge < -0.3 is 26.3 Å². The van der Waals surface area contributed by atoms with Crippen molar-refractivity contribution >= 4 is 17.8 Å². The fourth-order valence-corrected chi connectivity index (χ4v) is 0.834. The van der Waals surface area contributed by atoms with Crippen LogP contribution < -0.4 is 21.5 Å². The first-order valence-electron chi connectivity index (χ1n) is 4.92. The van der Waals surface area contributed by atoms with E-state index in [9.17, 15) is 19.5 Å². The monoisotopic (exact) mass is 231 g/mol. The molecule has 0 fully saturated rings. The molecule has 0 spiro atoms. The van der Waals surface area contributed by atoms with Crippen LogP contribution in [0.25, 0.3) is 0 Å². The van der Waals surface area contributed by atoms with Crippen LogP contribution in [0.5, 0.6) is 0 Å². The second kappa shape index (κ2) is 6.78. The van der Waals surface area contributed by atoms with E-state index in [1.807, 2.05) is 13.8 Å². The molecule has 0 rings (SSSR count). The van der Waals surface area contributed by atoms with Crippen molar-refractivity contribution in [3.05, 3.63) is 0 Å². The van der Waals surface area contributed by atoms with Gasteiger partial charge in [-0.2, -0.15) is 0 Å². The van der Waals surface area contributed by atoms with Crippen LogP contribution >= 0.6 is 0 Å². The van der Waals surface area contributed by atoms with Crippen LogP contribution in [0.15, 0.2) is 0 Å². The summed E-state index contributed by atoms with van der Waals surface area (Å²) in [6.45, 7) is 2.86. The van der Waals surface area contributed by atoms with E-state index in [2.05, 4.69) is 16.4 Å². The standard InChI is InChI=1S/C9H17N3O4/c1-5(2)8(10)9(16)12-3-6(13)11-4-7(14)15/h5,8H,3-4,10H2,1-2H3,(H,11,13)(H,12,16)(H,14,15)/t8-/m0/s1. The molecule has 0 unspecified atom stereocenters. The summed E-state index contributed by atoms with van der Waals surface area (Å²) in [7, 11) is 0. The number of nitrogens with one attached hydrogen (secondary N) is 2. The van der Waals surface area contributed by atoms with Gasteiger partial charge in [0.2, 0.25) is 5.91 Å². The first kappa shape index (κ1) is 14.4. The number of carbonyl (C=O) groups is 3. The largest absolute Gasteiger partial charge is 0.548 e. The number of carbonyl (C=O) groups excluding carboxylic acids is 3. The van der Waals surface area contributed by atoms with E-state index in [1.165, 1.54) is 0 Å². The van der Waals surface area contributed by atoms with Gasteiger partial charge in [-0.25, -0.2) is 0 Å². The van der Waals surface area contributed by atoms with Crippen LogP contribution in [0.2, 0.25) is 0 Å². The summed E-state index contributed by atoms with van der Waals surface area (Å²) in [5.74, 6) is -2.21. The van der Waals surface area contributed by atoms with Gasteiger partial charge in [0.25, 0.3) is 5.91 Å². The normalized spacial score (nSPS) is 12.0. The maximum atomic E-state index is 11.3. The maximum absolute atomic E-state index is 11.3. The Labute approximate surface area is 93.4 Å². The summed E-state index contributed by atoms with van der Waals surface area (Å²) in [6.07, 6.45) is 0. The average molecular weight is 231 g/mol. The minimum absolute atomic E-state index is 0.0753. The van der Waals surface area contributed by atoms with Gasteiger partial charge in [0.1, 0.15) is 0 Å². The summed E-state index contributed by atoms with van der Waals surface area (Å²) in [4.78, 5) is 32.4. The molecular formula is C9H17N3O4. The van der Waals surface area contributed by atoms with Crippen molar-refractivity contribution in [2.24, 2.45) is 5.92 Å². The van der Waals surface area contributed by atoms with E-state index in [-0.39, 0.29) is 18.4 Å². The smallest absolute Gasteiger partial charge is 0.278 e. The van der Waals surface area contributed by atoms with Gasteiger partial charge in [0.15, 0.2) is 6.04 Å². The number of hydrogen-bond donors (Lipinski definition) is 3. The second-order valence-corrected chi connectivity index (χ2v) is 3.72. The van der Waals surface area contributed by atoms with Crippen molar-refractivity contribution in [1.29, 1.82) is 0 Å². The minimum Gasteiger partial charge on any atom is -0.548 e. The predicted molar refractivity (Wildman–Crippen MR) is 52.5 cm³/mol. The molecule has 5 N–H and O–H groups in total. The molecule has 0 heterocycles. The van der Waals surface area contributed by atoms with Gasteiger partial charge >= 0.3 is 0 Å². The SMILES string of the molecule is CC(C)[C@H]([NH3+])C(=O)NCC(=O)NCC(=O)[O-]. The average Bonchev–Trinajstić information content (AvgIpc) is 2.21. The number of carboxylic acid groups (broad SMARTS) is 1. The lowest BCUT2D eigenvalue weighted by Crippen LogP contribution is -2.70. The van der Waals surface area contributed by atoms with Crippen molar-refractivity contribution in [3.8, 4) is 0 Å². The van der Waals surface area contributed by atoms with Crippen LogP contribution in [0.4, 0.5) is 0 Å². The van der Waals surface area contributed by atoms with Gasteiger partial charge in [0, 0.05) is 5.92 Å². The lowest BCUT2D eigenvalue weighted by molar-refractivity contribution is -0.414. The molecule has 7 heteroatoms. The number of aliphatic carboxylic acids is 1. The molecule has 2 amide bonds. The summed E-state index contributed by atoms with van der Waals surface area (Å²) in [6, 6.07) is -0.436. The fourth-order valence-electron chi connectivity index (χ4n) is 0.834. The molecule has 0 bridgehead atoms. The van der Waals surface area contributed by atoms with Crippen molar-refractivity contribution < 1.29 is 25.2 Å². The Balaban J connectivity index is 3.83. The Morgan fingerprint density at radius 1 is 1.19 bits per heavy atom. The van der Waals surface area contributed by atoms with Crippen molar-refractivity contribution in [1.82, 2.24) is 10.6 Å². The number of hydrogen-bond acceptors (Lipinski definition) is 4. The van der Waals surface area contributed by atoms with Gasteiger partial charge in [-0.1, -0.05) is 13.8 Å². The molecular weight excluding hydrogens is 214 g/mol. The van der Waals surface area contributed by atoms with Crippen molar-refractivity contribution in [2.75, 3.05) is 13.1 Å². The zero-order valence-corrected chi connectivity index (χ0v) is 9.41. The van der Waals surface area contributed by atoms with Gasteiger partial charge in [-0.05, 0) is 0 Å². The highest BCUT2D eigenvalue weighted by Crippen LogP contribution is 1.95. The van der Waals surface area contributed by atoms with Crippen molar-refractivity contribution in [3.63, 3.8) is 0 Å². The van der Waals surface area contributed by atoms with E-state index >= 15 is 0 Å².